The number of hydrogen-bond acceptors (Lipinski definition) is 3. The smallest absolute Gasteiger partial charge is 0.309 e. The minimum Gasteiger partial charge on any atom is -0.489 e. The molecule has 27 heavy (non-hydrogen) atoms. The van der Waals surface area contributed by atoms with Gasteiger partial charge in [-0.1, -0.05) is 79.7 Å². The summed E-state index contributed by atoms with van der Waals surface area (Å²) in [6, 6.07) is 27.7. The molecule has 3 heteroatoms. The van der Waals surface area contributed by atoms with Gasteiger partial charge >= 0.3 is 5.97 Å². The highest BCUT2D eigenvalue weighted by Gasteiger charge is 2.15. The second-order valence-corrected chi connectivity index (χ2v) is 6.62. The molecule has 3 aromatic rings. The Kier molecular flexibility index (Phi) is 6.64. The Bertz CT molecular complexity index is 844. The highest BCUT2D eigenvalue weighted by Crippen LogP contribution is 2.18. The van der Waals surface area contributed by atoms with Crippen LogP contribution in [0.5, 0.6) is 5.75 Å². The molecule has 3 nitrogen and oxygen atoms in total. The topological polar surface area (TPSA) is 35.5 Å². The van der Waals surface area contributed by atoms with Crippen molar-refractivity contribution in [2.75, 3.05) is 0 Å². The van der Waals surface area contributed by atoms with Crippen LogP contribution in [0.2, 0.25) is 0 Å². The highest BCUT2D eigenvalue weighted by atomic mass is 16.5. The fraction of sp³-hybridized carbons (Fsp3) is 0.208. The molecule has 0 aliphatic heterocycles. The molecule has 0 bridgehead atoms. The molecule has 0 N–H and O–H groups in total. The standard InChI is InChI=1S/C24H24O3/c1-19(24(25)27-18-21-11-6-3-7-12-21)15-22-13-8-14-23(16-22)26-17-20-9-4-2-5-10-20/h2-14,16,19H,15,17-18H2,1H3/t19-/m0/s1. The zero-order valence-electron chi connectivity index (χ0n) is 15.5. The first-order valence-electron chi connectivity index (χ1n) is 9.17. The van der Waals surface area contributed by atoms with Gasteiger partial charge in [-0.25, -0.2) is 0 Å². The highest BCUT2D eigenvalue weighted by molar-refractivity contribution is 5.72. The zero-order valence-corrected chi connectivity index (χ0v) is 15.5. The first-order valence-corrected chi connectivity index (χ1v) is 9.17. The van der Waals surface area contributed by atoms with Crippen LogP contribution < -0.4 is 4.74 Å². The van der Waals surface area contributed by atoms with E-state index in [4.69, 9.17) is 9.47 Å². The Labute approximate surface area is 160 Å². The number of rotatable bonds is 8. The number of carbonyl (C=O) groups excluding carboxylic acids is 1. The van der Waals surface area contributed by atoms with E-state index in [-0.39, 0.29) is 11.9 Å². The van der Waals surface area contributed by atoms with Gasteiger partial charge in [0.15, 0.2) is 0 Å². The quantitative estimate of drug-likeness (QED) is 0.519. The van der Waals surface area contributed by atoms with E-state index in [1.54, 1.807) is 0 Å². The SMILES string of the molecule is C[C@@H](Cc1cccc(OCc2ccccc2)c1)C(=O)OCc1ccccc1. The van der Waals surface area contributed by atoms with Crippen molar-refractivity contribution in [1.29, 1.82) is 0 Å². The molecule has 0 radical (unpaired) electrons. The Morgan fingerprint density at radius 3 is 2.04 bits per heavy atom. The van der Waals surface area contributed by atoms with E-state index in [0.29, 0.717) is 19.6 Å². The molecular formula is C24H24O3. The summed E-state index contributed by atoms with van der Waals surface area (Å²) in [6.45, 7) is 2.73. The maximum atomic E-state index is 12.3. The Balaban J connectivity index is 1.51. The van der Waals surface area contributed by atoms with Crippen LogP contribution in [0, 0.1) is 5.92 Å². The third-order valence-corrected chi connectivity index (χ3v) is 4.31. The van der Waals surface area contributed by atoms with Crippen LogP contribution in [0.25, 0.3) is 0 Å². The minimum atomic E-state index is -0.210. The summed E-state index contributed by atoms with van der Waals surface area (Å²) >= 11 is 0. The number of hydrogen-bond donors (Lipinski definition) is 0. The average molecular weight is 360 g/mol. The second-order valence-electron chi connectivity index (χ2n) is 6.62. The van der Waals surface area contributed by atoms with Gasteiger partial charge in [-0.15, -0.1) is 0 Å². The van der Waals surface area contributed by atoms with Crippen molar-refractivity contribution in [3.63, 3.8) is 0 Å². The van der Waals surface area contributed by atoms with Crippen molar-refractivity contribution >= 4 is 5.97 Å². The molecule has 0 amide bonds. The van der Waals surface area contributed by atoms with Crippen LogP contribution in [0.3, 0.4) is 0 Å². The molecular weight excluding hydrogens is 336 g/mol. The Morgan fingerprint density at radius 2 is 1.37 bits per heavy atom. The van der Waals surface area contributed by atoms with E-state index >= 15 is 0 Å². The maximum absolute atomic E-state index is 12.3. The van der Waals surface area contributed by atoms with Gasteiger partial charge in [0.05, 0.1) is 5.92 Å². The van der Waals surface area contributed by atoms with Gasteiger partial charge in [0.1, 0.15) is 19.0 Å². The van der Waals surface area contributed by atoms with Crippen LogP contribution in [-0.2, 0) is 29.2 Å². The molecule has 0 heterocycles. The summed E-state index contributed by atoms with van der Waals surface area (Å²) in [4.78, 5) is 12.3. The molecule has 3 aromatic carbocycles. The minimum absolute atomic E-state index is 0.186. The van der Waals surface area contributed by atoms with Crippen molar-refractivity contribution in [3.05, 3.63) is 102 Å². The van der Waals surface area contributed by atoms with E-state index in [1.807, 2.05) is 91.9 Å². The lowest BCUT2D eigenvalue weighted by atomic mass is 10.0. The molecule has 0 saturated carbocycles. The molecule has 138 valence electrons. The van der Waals surface area contributed by atoms with Gasteiger partial charge in [-0.2, -0.15) is 0 Å². The summed E-state index contributed by atoms with van der Waals surface area (Å²) < 4.78 is 11.3. The molecule has 0 aliphatic carbocycles. The molecule has 0 fully saturated rings. The Morgan fingerprint density at radius 1 is 0.778 bits per heavy atom. The first kappa shape index (κ1) is 18.7. The molecule has 0 aromatic heterocycles. The summed E-state index contributed by atoms with van der Waals surface area (Å²) in [5, 5.41) is 0. The van der Waals surface area contributed by atoms with Crippen LogP contribution in [-0.4, -0.2) is 5.97 Å². The van der Waals surface area contributed by atoms with Crippen LogP contribution in [0.4, 0.5) is 0 Å². The summed E-state index contributed by atoms with van der Waals surface area (Å²) in [6.07, 6.45) is 0.621. The monoisotopic (exact) mass is 360 g/mol. The van der Waals surface area contributed by atoms with Gasteiger partial charge in [-0.05, 0) is 35.2 Å². The summed E-state index contributed by atoms with van der Waals surface area (Å²) in [5.74, 6) is 0.411. The van der Waals surface area contributed by atoms with Gasteiger partial charge in [0.2, 0.25) is 0 Å². The number of carbonyl (C=O) groups is 1. The Hall–Kier alpha value is -3.07. The zero-order chi connectivity index (χ0) is 18.9. The summed E-state index contributed by atoms with van der Waals surface area (Å²) in [5.41, 5.74) is 3.18. The van der Waals surface area contributed by atoms with Crippen LogP contribution >= 0.6 is 0 Å². The normalized spacial score (nSPS) is 11.6. The van der Waals surface area contributed by atoms with Crippen molar-refractivity contribution in [2.24, 2.45) is 5.92 Å². The molecule has 0 saturated heterocycles. The van der Waals surface area contributed by atoms with Gasteiger partial charge in [0.25, 0.3) is 0 Å². The van der Waals surface area contributed by atoms with E-state index in [1.165, 1.54) is 0 Å². The van der Waals surface area contributed by atoms with E-state index < -0.39 is 0 Å². The lowest BCUT2D eigenvalue weighted by molar-refractivity contribution is -0.149. The molecule has 1 atom stereocenters. The lowest BCUT2D eigenvalue weighted by Gasteiger charge is -2.13. The van der Waals surface area contributed by atoms with E-state index in [9.17, 15) is 4.79 Å². The van der Waals surface area contributed by atoms with Gasteiger partial charge in [0, 0.05) is 0 Å². The van der Waals surface area contributed by atoms with Crippen molar-refractivity contribution < 1.29 is 14.3 Å². The van der Waals surface area contributed by atoms with E-state index in [0.717, 1.165) is 22.4 Å². The second kappa shape index (κ2) is 9.58. The van der Waals surface area contributed by atoms with Gasteiger partial charge in [-0.3, -0.25) is 4.79 Å². The van der Waals surface area contributed by atoms with Crippen molar-refractivity contribution in [2.45, 2.75) is 26.6 Å². The predicted molar refractivity (Wildman–Crippen MR) is 106 cm³/mol. The molecule has 0 unspecified atom stereocenters. The largest absolute Gasteiger partial charge is 0.489 e. The lowest BCUT2D eigenvalue weighted by Crippen LogP contribution is -2.17. The third-order valence-electron chi connectivity index (χ3n) is 4.31. The fourth-order valence-electron chi connectivity index (χ4n) is 2.81. The van der Waals surface area contributed by atoms with E-state index in [2.05, 4.69) is 0 Å². The molecule has 3 rings (SSSR count). The van der Waals surface area contributed by atoms with Crippen LogP contribution in [0.15, 0.2) is 84.9 Å². The molecule has 0 spiro atoms. The fourth-order valence-corrected chi connectivity index (χ4v) is 2.81. The average Bonchev–Trinajstić information content (AvgIpc) is 2.72. The molecule has 0 aliphatic rings. The van der Waals surface area contributed by atoms with Crippen LogP contribution in [0.1, 0.15) is 23.6 Å². The third kappa shape index (κ3) is 6.00. The number of benzene rings is 3. The predicted octanol–water partition coefficient (Wildman–Crippen LogP) is 5.19. The first-order chi connectivity index (χ1) is 13.2. The number of ether oxygens (including phenoxy) is 2. The number of esters is 1. The van der Waals surface area contributed by atoms with Crippen molar-refractivity contribution in [3.8, 4) is 5.75 Å². The summed E-state index contributed by atoms with van der Waals surface area (Å²) in [7, 11) is 0. The maximum Gasteiger partial charge on any atom is 0.309 e. The van der Waals surface area contributed by atoms with Crippen molar-refractivity contribution in [1.82, 2.24) is 0 Å². The van der Waals surface area contributed by atoms with Gasteiger partial charge < -0.3 is 9.47 Å².